The van der Waals surface area contributed by atoms with E-state index in [1.54, 1.807) is 0 Å². The van der Waals surface area contributed by atoms with Gasteiger partial charge in [-0.15, -0.1) is 0 Å². The highest BCUT2D eigenvalue weighted by molar-refractivity contribution is 5.40. The molecule has 19 heavy (non-hydrogen) atoms. The number of anilines is 1. The predicted octanol–water partition coefficient (Wildman–Crippen LogP) is 3.78. The summed E-state index contributed by atoms with van der Waals surface area (Å²) in [5.41, 5.74) is 8.15. The van der Waals surface area contributed by atoms with E-state index in [9.17, 15) is 0 Å². The number of nitrogen functional groups attached to an aromatic ring is 1. The van der Waals surface area contributed by atoms with E-state index in [4.69, 9.17) is 5.73 Å². The smallest absolute Gasteiger partial charge is 0.0314 e. The molecular formula is C17H26N2. The summed E-state index contributed by atoms with van der Waals surface area (Å²) in [7, 11) is 0. The molecule has 1 atom stereocenters. The largest absolute Gasteiger partial charge is 0.399 e. The molecule has 2 N–H and O–H groups in total. The van der Waals surface area contributed by atoms with Crippen molar-refractivity contribution in [3.05, 3.63) is 29.8 Å². The molecule has 0 bridgehead atoms. The number of hydrogen-bond acceptors (Lipinski definition) is 2. The number of nitrogens with zero attached hydrogens (tertiary/aromatic N) is 1. The van der Waals surface area contributed by atoms with Gasteiger partial charge in [0.25, 0.3) is 0 Å². The van der Waals surface area contributed by atoms with Crippen LogP contribution in [0, 0.1) is 0 Å². The molecule has 2 heteroatoms. The fourth-order valence-electron chi connectivity index (χ4n) is 3.82. The van der Waals surface area contributed by atoms with Crippen LogP contribution in [0.3, 0.4) is 0 Å². The Balaban J connectivity index is 1.65. The molecule has 1 aliphatic heterocycles. The van der Waals surface area contributed by atoms with Gasteiger partial charge in [-0.3, -0.25) is 4.90 Å². The van der Waals surface area contributed by atoms with Gasteiger partial charge in [0.1, 0.15) is 0 Å². The molecule has 2 aliphatic rings. The van der Waals surface area contributed by atoms with E-state index in [0.717, 1.165) is 17.6 Å². The molecule has 2 nitrogen and oxygen atoms in total. The molecule has 1 saturated carbocycles. The maximum atomic E-state index is 5.79. The molecule has 0 aromatic heterocycles. The Hall–Kier alpha value is -1.02. The lowest BCUT2D eigenvalue weighted by Crippen LogP contribution is -2.42. The number of hydrogen-bond donors (Lipinski definition) is 1. The molecule has 1 aromatic rings. The summed E-state index contributed by atoms with van der Waals surface area (Å²) in [4.78, 5) is 2.77. The van der Waals surface area contributed by atoms with E-state index in [1.165, 1.54) is 63.6 Å². The van der Waals surface area contributed by atoms with Crippen LogP contribution >= 0.6 is 0 Å². The summed E-state index contributed by atoms with van der Waals surface area (Å²) in [6.45, 7) is 2.57. The normalized spacial score (nSPS) is 26.4. The van der Waals surface area contributed by atoms with Crippen molar-refractivity contribution in [3.63, 3.8) is 0 Å². The molecule has 0 amide bonds. The van der Waals surface area contributed by atoms with E-state index in [-0.39, 0.29) is 0 Å². The molecule has 1 saturated heterocycles. The first-order chi connectivity index (χ1) is 9.33. The number of nitrogens with two attached hydrogens (primary N) is 1. The summed E-state index contributed by atoms with van der Waals surface area (Å²) >= 11 is 0. The van der Waals surface area contributed by atoms with Gasteiger partial charge >= 0.3 is 0 Å². The molecular weight excluding hydrogens is 232 g/mol. The Morgan fingerprint density at radius 3 is 2.37 bits per heavy atom. The van der Waals surface area contributed by atoms with Gasteiger partial charge < -0.3 is 5.73 Å². The van der Waals surface area contributed by atoms with Crippen molar-refractivity contribution in [1.29, 1.82) is 0 Å². The topological polar surface area (TPSA) is 29.3 Å². The third kappa shape index (κ3) is 3.11. The molecule has 1 aromatic carbocycles. The number of piperidine rings is 1. The third-order valence-electron chi connectivity index (χ3n) is 4.95. The zero-order valence-corrected chi connectivity index (χ0v) is 11.9. The van der Waals surface area contributed by atoms with Gasteiger partial charge in [0.05, 0.1) is 0 Å². The fraction of sp³-hybridized carbons (Fsp3) is 0.647. The lowest BCUT2D eigenvalue weighted by atomic mass is 9.87. The van der Waals surface area contributed by atoms with Gasteiger partial charge in [-0.25, -0.2) is 0 Å². The zero-order chi connectivity index (χ0) is 13.1. The SMILES string of the molecule is Nc1ccc(C2CCCN(C3CCCCC3)C2)cc1. The number of benzene rings is 1. The lowest BCUT2D eigenvalue weighted by Gasteiger charge is -2.40. The minimum absolute atomic E-state index is 0.719. The van der Waals surface area contributed by atoms with Gasteiger partial charge in [-0.1, -0.05) is 31.4 Å². The Morgan fingerprint density at radius 2 is 1.63 bits per heavy atom. The summed E-state index contributed by atoms with van der Waals surface area (Å²) in [6.07, 6.45) is 9.87. The monoisotopic (exact) mass is 258 g/mol. The average molecular weight is 258 g/mol. The molecule has 3 rings (SSSR count). The van der Waals surface area contributed by atoms with Gasteiger partial charge in [-0.05, 0) is 55.8 Å². The highest BCUT2D eigenvalue weighted by atomic mass is 15.2. The van der Waals surface area contributed by atoms with Gasteiger partial charge in [-0.2, -0.15) is 0 Å². The van der Waals surface area contributed by atoms with Crippen LogP contribution in [-0.4, -0.2) is 24.0 Å². The predicted molar refractivity (Wildman–Crippen MR) is 81.3 cm³/mol. The molecule has 104 valence electrons. The average Bonchev–Trinajstić information content (AvgIpc) is 2.49. The van der Waals surface area contributed by atoms with E-state index in [0.29, 0.717) is 0 Å². The first-order valence-corrected chi connectivity index (χ1v) is 7.92. The Morgan fingerprint density at radius 1 is 0.895 bits per heavy atom. The molecule has 0 spiro atoms. The van der Waals surface area contributed by atoms with Gasteiger partial charge in [0.2, 0.25) is 0 Å². The van der Waals surface area contributed by atoms with Crippen molar-refractivity contribution >= 4 is 5.69 Å². The number of likely N-dealkylation sites (tertiary alicyclic amines) is 1. The van der Waals surface area contributed by atoms with Crippen molar-refractivity contribution in [2.75, 3.05) is 18.8 Å². The summed E-state index contributed by atoms with van der Waals surface area (Å²) in [6, 6.07) is 9.42. The zero-order valence-electron chi connectivity index (χ0n) is 11.9. The second-order valence-electron chi connectivity index (χ2n) is 6.29. The quantitative estimate of drug-likeness (QED) is 0.818. The maximum absolute atomic E-state index is 5.79. The number of rotatable bonds is 2. The fourth-order valence-corrected chi connectivity index (χ4v) is 3.82. The van der Waals surface area contributed by atoms with E-state index in [1.807, 2.05) is 0 Å². The summed E-state index contributed by atoms with van der Waals surface area (Å²) in [5.74, 6) is 0.719. The van der Waals surface area contributed by atoms with Crippen molar-refractivity contribution < 1.29 is 0 Å². The highest BCUT2D eigenvalue weighted by Gasteiger charge is 2.27. The van der Waals surface area contributed by atoms with Crippen molar-refractivity contribution in [2.24, 2.45) is 0 Å². The standard InChI is InChI=1S/C17H26N2/c18-16-10-8-14(9-11-16)15-5-4-12-19(13-15)17-6-2-1-3-7-17/h8-11,15,17H,1-7,12-13,18H2. The van der Waals surface area contributed by atoms with Crippen LogP contribution in [-0.2, 0) is 0 Å². The van der Waals surface area contributed by atoms with Crippen LogP contribution in [0.2, 0.25) is 0 Å². The molecule has 1 aliphatic carbocycles. The second kappa shape index (κ2) is 5.96. The lowest BCUT2D eigenvalue weighted by molar-refractivity contribution is 0.119. The maximum Gasteiger partial charge on any atom is 0.0314 e. The van der Waals surface area contributed by atoms with Crippen molar-refractivity contribution in [1.82, 2.24) is 4.90 Å². The van der Waals surface area contributed by atoms with Crippen molar-refractivity contribution in [2.45, 2.75) is 56.9 Å². The summed E-state index contributed by atoms with van der Waals surface area (Å²) in [5, 5.41) is 0. The van der Waals surface area contributed by atoms with Crippen LogP contribution in [0.4, 0.5) is 5.69 Å². The highest BCUT2D eigenvalue weighted by Crippen LogP contribution is 2.31. The van der Waals surface area contributed by atoms with Gasteiger partial charge in [0, 0.05) is 18.3 Å². The van der Waals surface area contributed by atoms with Crippen LogP contribution in [0.25, 0.3) is 0 Å². The van der Waals surface area contributed by atoms with Crippen LogP contribution in [0.1, 0.15) is 56.4 Å². The first kappa shape index (κ1) is 13.0. The summed E-state index contributed by atoms with van der Waals surface area (Å²) < 4.78 is 0. The second-order valence-corrected chi connectivity index (χ2v) is 6.29. The molecule has 1 unspecified atom stereocenters. The molecule has 2 fully saturated rings. The minimum Gasteiger partial charge on any atom is -0.399 e. The van der Waals surface area contributed by atoms with E-state index >= 15 is 0 Å². The molecule has 0 radical (unpaired) electrons. The van der Waals surface area contributed by atoms with E-state index < -0.39 is 0 Å². The minimum atomic E-state index is 0.719. The Labute approximate surface area is 117 Å². The van der Waals surface area contributed by atoms with Crippen LogP contribution in [0.5, 0.6) is 0 Å². The van der Waals surface area contributed by atoms with Gasteiger partial charge in [0.15, 0.2) is 0 Å². The Kier molecular flexibility index (Phi) is 4.07. The van der Waals surface area contributed by atoms with Crippen LogP contribution < -0.4 is 5.73 Å². The van der Waals surface area contributed by atoms with Crippen LogP contribution in [0.15, 0.2) is 24.3 Å². The first-order valence-electron chi connectivity index (χ1n) is 7.92. The van der Waals surface area contributed by atoms with Crippen molar-refractivity contribution in [3.8, 4) is 0 Å². The third-order valence-corrected chi connectivity index (χ3v) is 4.95. The van der Waals surface area contributed by atoms with E-state index in [2.05, 4.69) is 29.2 Å². The molecule has 1 heterocycles. The Bertz CT molecular complexity index is 392.